The molecule has 0 saturated heterocycles. The molecule has 184 valence electrons. The number of nitriles is 1. The van der Waals surface area contributed by atoms with Crippen molar-refractivity contribution >= 4 is 23.4 Å². The minimum Gasteiger partial charge on any atom is -0.466 e. The van der Waals surface area contributed by atoms with E-state index in [9.17, 15) is 19.6 Å². The highest BCUT2D eigenvalue weighted by Gasteiger charge is 2.42. The fourth-order valence-corrected chi connectivity index (χ4v) is 4.21. The van der Waals surface area contributed by atoms with Gasteiger partial charge in [-0.3, -0.25) is 14.7 Å². The highest BCUT2D eigenvalue weighted by atomic mass is 16.5. The number of carbonyl (C=O) groups is 3. The molecule has 0 amide bonds. The van der Waals surface area contributed by atoms with Crippen molar-refractivity contribution in [1.82, 2.24) is 4.98 Å². The van der Waals surface area contributed by atoms with Crippen LogP contribution in [0, 0.1) is 11.3 Å². The smallest absolute Gasteiger partial charge is 0.355 e. The number of hydrogen-bond donors (Lipinski definition) is 1. The van der Waals surface area contributed by atoms with Gasteiger partial charge < -0.3 is 15.2 Å². The third-order valence-corrected chi connectivity index (χ3v) is 5.94. The van der Waals surface area contributed by atoms with Crippen molar-refractivity contribution in [3.05, 3.63) is 118 Å². The standard InChI is InChI=1S/C28H22N4O5/c1-36-27(34)23-22(17-6-4-3-5-7-17)21(16-29)26(30)32(24(23)28(35)37-2)20-10-8-18(9-11-20)25(33)19-12-14-31-15-13-19/h3-15,22H,30H2,1-2H3. The fraction of sp³-hybridized carbons (Fsp3) is 0.107. The van der Waals surface area contributed by atoms with Crippen LogP contribution in [0.4, 0.5) is 5.69 Å². The Morgan fingerprint density at radius 1 is 0.892 bits per heavy atom. The molecule has 4 rings (SSSR count). The topological polar surface area (TPSA) is 136 Å². The Bertz CT molecular complexity index is 1460. The Hall–Kier alpha value is -5.23. The van der Waals surface area contributed by atoms with E-state index in [1.807, 2.05) is 0 Å². The zero-order valence-electron chi connectivity index (χ0n) is 20.0. The molecule has 0 radical (unpaired) electrons. The predicted molar refractivity (Wildman–Crippen MR) is 134 cm³/mol. The molecule has 0 saturated carbocycles. The maximum absolute atomic E-state index is 13.1. The van der Waals surface area contributed by atoms with E-state index < -0.39 is 17.9 Å². The van der Waals surface area contributed by atoms with E-state index in [1.54, 1.807) is 66.7 Å². The van der Waals surface area contributed by atoms with Crippen LogP contribution in [0.15, 0.2) is 102 Å². The van der Waals surface area contributed by atoms with Crippen molar-refractivity contribution in [2.45, 2.75) is 5.92 Å². The number of esters is 2. The van der Waals surface area contributed by atoms with E-state index in [4.69, 9.17) is 15.2 Å². The van der Waals surface area contributed by atoms with Crippen LogP contribution < -0.4 is 10.6 Å². The minimum atomic E-state index is -0.962. The minimum absolute atomic E-state index is 0.0520. The van der Waals surface area contributed by atoms with E-state index in [2.05, 4.69) is 11.1 Å². The van der Waals surface area contributed by atoms with Crippen LogP contribution in [0.3, 0.4) is 0 Å². The van der Waals surface area contributed by atoms with Crippen molar-refractivity contribution in [1.29, 1.82) is 5.26 Å². The second-order valence-corrected chi connectivity index (χ2v) is 7.95. The van der Waals surface area contributed by atoms with E-state index in [0.29, 0.717) is 22.4 Å². The molecule has 1 aliphatic heterocycles. The second-order valence-electron chi connectivity index (χ2n) is 7.95. The lowest BCUT2D eigenvalue weighted by molar-refractivity contribution is -0.139. The molecular formula is C28H22N4O5. The fourth-order valence-electron chi connectivity index (χ4n) is 4.21. The second kappa shape index (κ2) is 10.6. The molecule has 2 N–H and O–H groups in total. The lowest BCUT2D eigenvalue weighted by atomic mass is 9.81. The molecule has 37 heavy (non-hydrogen) atoms. The molecule has 0 fully saturated rings. The van der Waals surface area contributed by atoms with Gasteiger partial charge >= 0.3 is 11.9 Å². The molecule has 2 heterocycles. The zero-order valence-corrected chi connectivity index (χ0v) is 20.0. The molecule has 1 atom stereocenters. The SMILES string of the molecule is COC(=O)C1=C(C(=O)OC)N(c2ccc(C(=O)c3ccncc3)cc2)C(N)=C(C#N)C1c1ccccc1. The lowest BCUT2D eigenvalue weighted by Crippen LogP contribution is -2.40. The lowest BCUT2D eigenvalue weighted by Gasteiger charge is -2.35. The summed E-state index contributed by atoms with van der Waals surface area (Å²) >= 11 is 0. The zero-order chi connectivity index (χ0) is 26.5. The van der Waals surface area contributed by atoms with E-state index in [1.165, 1.54) is 31.5 Å². The van der Waals surface area contributed by atoms with Crippen molar-refractivity contribution in [3.8, 4) is 6.07 Å². The monoisotopic (exact) mass is 494 g/mol. The van der Waals surface area contributed by atoms with Crippen molar-refractivity contribution < 1.29 is 23.9 Å². The van der Waals surface area contributed by atoms with Crippen LogP contribution in [-0.2, 0) is 19.1 Å². The van der Waals surface area contributed by atoms with Crippen LogP contribution in [0.5, 0.6) is 0 Å². The normalized spacial score (nSPS) is 15.2. The molecule has 0 spiro atoms. The molecule has 9 nitrogen and oxygen atoms in total. The summed E-state index contributed by atoms with van der Waals surface area (Å²) in [7, 11) is 2.36. The Kier molecular flexibility index (Phi) is 7.11. The Labute approximate surface area is 213 Å². The summed E-state index contributed by atoms with van der Waals surface area (Å²) in [4.78, 5) is 44.2. The molecular weight excluding hydrogens is 472 g/mol. The summed E-state index contributed by atoms with van der Waals surface area (Å²) in [5.74, 6) is -2.91. The maximum Gasteiger partial charge on any atom is 0.355 e. The van der Waals surface area contributed by atoms with Gasteiger partial charge in [0.05, 0.1) is 37.4 Å². The number of hydrogen-bond acceptors (Lipinski definition) is 9. The highest BCUT2D eigenvalue weighted by Crippen LogP contribution is 2.43. The van der Waals surface area contributed by atoms with Gasteiger partial charge in [-0.05, 0) is 42.0 Å². The molecule has 2 aromatic carbocycles. The van der Waals surface area contributed by atoms with Gasteiger partial charge in [0, 0.05) is 29.2 Å². The number of rotatable bonds is 6. The van der Waals surface area contributed by atoms with Crippen LogP contribution >= 0.6 is 0 Å². The number of benzene rings is 2. The Morgan fingerprint density at radius 3 is 2.05 bits per heavy atom. The predicted octanol–water partition coefficient (Wildman–Crippen LogP) is 3.21. The van der Waals surface area contributed by atoms with Crippen LogP contribution in [0.1, 0.15) is 27.4 Å². The van der Waals surface area contributed by atoms with E-state index in [-0.39, 0.29) is 28.4 Å². The molecule has 0 aliphatic carbocycles. The summed E-state index contributed by atoms with van der Waals surface area (Å²) in [6, 6.07) is 20.3. The third-order valence-electron chi connectivity index (χ3n) is 5.94. The highest BCUT2D eigenvalue weighted by molar-refractivity contribution is 6.09. The van der Waals surface area contributed by atoms with Crippen LogP contribution in [0.2, 0.25) is 0 Å². The van der Waals surface area contributed by atoms with Gasteiger partial charge in [-0.2, -0.15) is 5.26 Å². The first kappa shape index (κ1) is 24.9. The quantitative estimate of drug-likeness (QED) is 0.405. The van der Waals surface area contributed by atoms with Gasteiger partial charge in [0.1, 0.15) is 11.5 Å². The summed E-state index contributed by atoms with van der Waals surface area (Å²) in [6.45, 7) is 0. The van der Waals surface area contributed by atoms with Crippen LogP contribution in [-0.4, -0.2) is 36.9 Å². The van der Waals surface area contributed by atoms with Gasteiger partial charge in [-0.25, -0.2) is 9.59 Å². The molecule has 3 aromatic rings. The van der Waals surface area contributed by atoms with E-state index >= 15 is 0 Å². The van der Waals surface area contributed by atoms with Gasteiger partial charge in [0.15, 0.2) is 5.78 Å². The van der Waals surface area contributed by atoms with Gasteiger partial charge in [-0.15, -0.1) is 0 Å². The number of ketones is 1. The summed E-state index contributed by atoms with van der Waals surface area (Å²) < 4.78 is 10.0. The average molecular weight is 495 g/mol. The largest absolute Gasteiger partial charge is 0.466 e. The first-order valence-corrected chi connectivity index (χ1v) is 11.1. The Balaban J connectivity index is 1.91. The van der Waals surface area contributed by atoms with Gasteiger partial charge in [0.25, 0.3) is 0 Å². The van der Waals surface area contributed by atoms with Gasteiger partial charge in [-0.1, -0.05) is 30.3 Å². The molecule has 1 aliphatic rings. The molecule has 0 bridgehead atoms. The molecule has 1 aromatic heterocycles. The number of pyridine rings is 1. The average Bonchev–Trinajstić information content (AvgIpc) is 2.96. The third kappa shape index (κ3) is 4.56. The first-order valence-electron chi connectivity index (χ1n) is 11.1. The number of methoxy groups -OCH3 is 2. The number of allylic oxidation sites excluding steroid dienone is 1. The number of ether oxygens (including phenoxy) is 2. The van der Waals surface area contributed by atoms with E-state index in [0.717, 1.165) is 0 Å². The van der Waals surface area contributed by atoms with Crippen LogP contribution in [0.25, 0.3) is 0 Å². The number of nitrogens with two attached hydrogens (primary N) is 1. The summed E-state index contributed by atoms with van der Waals surface area (Å²) in [6.07, 6.45) is 3.05. The number of carbonyl (C=O) groups excluding carboxylic acids is 3. The summed E-state index contributed by atoms with van der Waals surface area (Å²) in [5, 5.41) is 10.1. The number of nitrogens with zero attached hydrogens (tertiary/aromatic N) is 3. The van der Waals surface area contributed by atoms with Crippen molar-refractivity contribution in [3.63, 3.8) is 0 Å². The number of aromatic nitrogens is 1. The number of anilines is 1. The maximum atomic E-state index is 13.1. The first-order chi connectivity index (χ1) is 17.9. The van der Waals surface area contributed by atoms with Crippen molar-refractivity contribution in [2.75, 3.05) is 19.1 Å². The summed E-state index contributed by atoms with van der Waals surface area (Å²) in [5.41, 5.74) is 8.01. The Morgan fingerprint density at radius 2 is 1.49 bits per heavy atom. The van der Waals surface area contributed by atoms with Gasteiger partial charge in [0.2, 0.25) is 0 Å². The van der Waals surface area contributed by atoms with Crippen molar-refractivity contribution in [2.24, 2.45) is 5.73 Å². The molecule has 1 unspecified atom stereocenters. The molecule has 9 heteroatoms.